The van der Waals surface area contributed by atoms with E-state index in [0.717, 1.165) is 17.0 Å². The van der Waals surface area contributed by atoms with Crippen molar-refractivity contribution in [3.8, 4) is 11.8 Å². The lowest BCUT2D eigenvalue weighted by atomic mass is 10.1. The van der Waals surface area contributed by atoms with Crippen LogP contribution in [0.4, 0.5) is 0 Å². The van der Waals surface area contributed by atoms with Crippen molar-refractivity contribution in [1.29, 1.82) is 0 Å². The van der Waals surface area contributed by atoms with Gasteiger partial charge in [0.05, 0.1) is 5.69 Å². The molecule has 1 unspecified atom stereocenters. The lowest BCUT2D eigenvalue weighted by molar-refractivity contribution is 0.236. The first-order valence-electron chi connectivity index (χ1n) is 4.18. The van der Waals surface area contributed by atoms with Crippen LogP contribution in [-0.2, 0) is 7.05 Å². The van der Waals surface area contributed by atoms with Crippen LogP contribution in [0, 0.1) is 25.7 Å². The highest BCUT2D eigenvalue weighted by Gasteiger charge is 2.15. The molecule has 0 aliphatic heterocycles. The summed E-state index contributed by atoms with van der Waals surface area (Å²) >= 11 is 0. The van der Waals surface area contributed by atoms with Crippen LogP contribution in [0.2, 0.25) is 0 Å². The lowest BCUT2D eigenvalue weighted by Crippen LogP contribution is -1.98. The van der Waals surface area contributed by atoms with Crippen molar-refractivity contribution in [1.82, 2.24) is 9.78 Å². The van der Waals surface area contributed by atoms with Crippen LogP contribution in [0.25, 0.3) is 0 Å². The van der Waals surface area contributed by atoms with Crippen LogP contribution < -0.4 is 0 Å². The number of aliphatic hydroxyl groups excluding tert-OH is 1. The van der Waals surface area contributed by atoms with Gasteiger partial charge in [0.25, 0.3) is 0 Å². The molecule has 1 aromatic heterocycles. The fourth-order valence-corrected chi connectivity index (χ4v) is 1.39. The molecule has 0 spiro atoms. The average molecular weight is 178 g/mol. The highest BCUT2D eigenvalue weighted by molar-refractivity contribution is 5.32. The topological polar surface area (TPSA) is 38.1 Å². The molecule has 1 N–H and O–H groups in total. The van der Waals surface area contributed by atoms with Crippen LogP contribution in [0.3, 0.4) is 0 Å². The average Bonchev–Trinajstić information content (AvgIpc) is 2.27. The number of hydrogen-bond donors (Lipinski definition) is 1. The zero-order chi connectivity index (χ0) is 10.0. The molecule has 3 heteroatoms. The maximum atomic E-state index is 9.67. The van der Waals surface area contributed by atoms with E-state index in [1.807, 2.05) is 20.9 Å². The SMILES string of the molecule is CC#CC(O)c1c(C)nn(C)c1C. The van der Waals surface area contributed by atoms with Crippen molar-refractivity contribution in [3.05, 3.63) is 17.0 Å². The van der Waals surface area contributed by atoms with Crippen LogP contribution in [0.15, 0.2) is 0 Å². The van der Waals surface area contributed by atoms with Crippen molar-refractivity contribution in [3.63, 3.8) is 0 Å². The first kappa shape index (κ1) is 9.82. The number of aliphatic hydroxyl groups is 1. The quantitative estimate of drug-likeness (QED) is 0.654. The fourth-order valence-electron chi connectivity index (χ4n) is 1.39. The molecule has 1 rings (SSSR count). The molecule has 0 aromatic carbocycles. The summed E-state index contributed by atoms with van der Waals surface area (Å²) in [7, 11) is 1.86. The second kappa shape index (κ2) is 3.63. The van der Waals surface area contributed by atoms with E-state index >= 15 is 0 Å². The molecule has 3 nitrogen and oxygen atoms in total. The largest absolute Gasteiger partial charge is 0.376 e. The molecule has 0 saturated carbocycles. The Balaban J connectivity index is 3.17. The Morgan fingerprint density at radius 3 is 2.46 bits per heavy atom. The molecular formula is C10H14N2O. The Kier molecular flexibility index (Phi) is 2.74. The number of hydrogen-bond acceptors (Lipinski definition) is 2. The van der Waals surface area contributed by atoms with E-state index in [1.54, 1.807) is 11.6 Å². The molecule has 0 radical (unpaired) electrons. The summed E-state index contributed by atoms with van der Waals surface area (Å²) in [5, 5.41) is 13.9. The minimum atomic E-state index is -0.710. The third kappa shape index (κ3) is 1.73. The summed E-state index contributed by atoms with van der Waals surface area (Å²) in [6.45, 7) is 5.52. The van der Waals surface area contributed by atoms with E-state index in [4.69, 9.17) is 0 Å². The molecule has 1 atom stereocenters. The molecule has 0 amide bonds. The molecule has 0 bridgehead atoms. The maximum Gasteiger partial charge on any atom is 0.143 e. The van der Waals surface area contributed by atoms with Gasteiger partial charge >= 0.3 is 0 Å². The van der Waals surface area contributed by atoms with Crippen molar-refractivity contribution in [2.24, 2.45) is 7.05 Å². The number of aryl methyl sites for hydroxylation is 2. The summed E-state index contributed by atoms with van der Waals surface area (Å²) in [4.78, 5) is 0. The molecule has 0 saturated heterocycles. The van der Waals surface area contributed by atoms with Gasteiger partial charge < -0.3 is 5.11 Å². The van der Waals surface area contributed by atoms with Crippen molar-refractivity contribution in [2.45, 2.75) is 26.9 Å². The van der Waals surface area contributed by atoms with E-state index in [1.165, 1.54) is 0 Å². The highest BCUT2D eigenvalue weighted by atomic mass is 16.3. The van der Waals surface area contributed by atoms with Crippen LogP contribution >= 0.6 is 0 Å². The Morgan fingerprint density at radius 2 is 2.08 bits per heavy atom. The zero-order valence-electron chi connectivity index (χ0n) is 8.42. The van der Waals surface area contributed by atoms with Gasteiger partial charge in [-0.15, -0.1) is 5.92 Å². The lowest BCUT2D eigenvalue weighted by Gasteiger charge is -2.03. The van der Waals surface area contributed by atoms with Gasteiger partial charge in [-0.1, -0.05) is 5.92 Å². The van der Waals surface area contributed by atoms with E-state index in [9.17, 15) is 5.11 Å². The number of rotatable bonds is 1. The fraction of sp³-hybridized carbons (Fsp3) is 0.500. The minimum Gasteiger partial charge on any atom is -0.376 e. The van der Waals surface area contributed by atoms with E-state index < -0.39 is 6.10 Å². The summed E-state index contributed by atoms with van der Waals surface area (Å²) in [6, 6.07) is 0. The summed E-state index contributed by atoms with van der Waals surface area (Å²) in [5.41, 5.74) is 2.64. The second-order valence-electron chi connectivity index (χ2n) is 3.00. The number of nitrogens with zero attached hydrogens (tertiary/aromatic N) is 2. The van der Waals surface area contributed by atoms with Gasteiger partial charge in [-0.25, -0.2) is 0 Å². The Morgan fingerprint density at radius 1 is 1.46 bits per heavy atom. The third-order valence-corrected chi connectivity index (χ3v) is 2.12. The second-order valence-corrected chi connectivity index (χ2v) is 3.00. The van der Waals surface area contributed by atoms with Gasteiger partial charge in [0.1, 0.15) is 6.10 Å². The predicted octanol–water partition coefficient (Wildman–Crippen LogP) is 1.09. The highest BCUT2D eigenvalue weighted by Crippen LogP contribution is 2.19. The van der Waals surface area contributed by atoms with E-state index in [-0.39, 0.29) is 0 Å². The molecule has 70 valence electrons. The number of aromatic nitrogens is 2. The zero-order valence-corrected chi connectivity index (χ0v) is 8.42. The van der Waals surface area contributed by atoms with Crippen LogP contribution in [0.1, 0.15) is 30.0 Å². The Bertz CT molecular complexity index is 368. The molecule has 1 aromatic rings. The monoisotopic (exact) mass is 178 g/mol. The molecule has 1 heterocycles. The standard InChI is InChI=1S/C10H14N2O/c1-5-6-9(13)10-7(2)11-12(4)8(10)3/h9,13H,1-4H3. The van der Waals surface area contributed by atoms with Crippen LogP contribution in [-0.4, -0.2) is 14.9 Å². The van der Waals surface area contributed by atoms with Gasteiger partial charge in [0.15, 0.2) is 0 Å². The maximum absolute atomic E-state index is 9.67. The smallest absolute Gasteiger partial charge is 0.143 e. The first-order chi connectivity index (χ1) is 6.07. The molecule has 0 aliphatic carbocycles. The van der Waals surface area contributed by atoms with E-state index in [0.29, 0.717) is 0 Å². The third-order valence-electron chi connectivity index (χ3n) is 2.12. The van der Waals surface area contributed by atoms with Gasteiger partial charge in [0.2, 0.25) is 0 Å². The predicted molar refractivity (Wildman–Crippen MR) is 51.1 cm³/mol. The summed E-state index contributed by atoms with van der Waals surface area (Å²) in [5.74, 6) is 5.40. The van der Waals surface area contributed by atoms with Crippen molar-refractivity contribution >= 4 is 0 Å². The normalized spacial score (nSPS) is 12.1. The van der Waals surface area contributed by atoms with E-state index in [2.05, 4.69) is 16.9 Å². The van der Waals surface area contributed by atoms with Crippen molar-refractivity contribution in [2.75, 3.05) is 0 Å². The molecule has 0 fully saturated rings. The molecule has 13 heavy (non-hydrogen) atoms. The summed E-state index contributed by atoms with van der Waals surface area (Å²) < 4.78 is 1.76. The van der Waals surface area contributed by atoms with Gasteiger partial charge in [-0.3, -0.25) is 4.68 Å². The first-order valence-corrected chi connectivity index (χ1v) is 4.18. The minimum absolute atomic E-state index is 0.710. The van der Waals surface area contributed by atoms with Crippen molar-refractivity contribution < 1.29 is 5.11 Å². The van der Waals surface area contributed by atoms with Gasteiger partial charge in [0, 0.05) is 18.3 Å². The van der Waals surface area contributed by atoms with Crippen LogP contribution in [0.5, 0.6) is 0 Å². The molecular weight excluding hydrogens is 164 g/mol. The summed E-state index contributed by atoms with van der Waals surface area (Å²) in [6.07, 6.45) is -0.710. The van der Waals surface area contributed by atoms with Gasteiger partial charge in [-0.05, 0) is 20.8 Å². The van der Waals surface area contributed by atoms with Gasteiger partial charge in [-0.2, -0.15) is 5.10 Å². The Labute approximate surface area is 78.4 Å². The molecule has 0 aliphatic rings. The Hall–Kier alpha value is -1.27.